The molecular formula is C23H20N4OS. The highest BCUT2D eigenvalue weighted by Crippen LogP contribution is 2.28. The highest BCUT2D eigenvalue weighted by atomic mass is 32.1. The number of thiazole rings is 1. The van der Waals surface area contributed by atoms with E-state index in [1.54, 1.807) is 36.1 Å². The SMILES string of the molecule is Cc1nc(-c2ccc(C)c(-c3cnc(CC(=O)c4cnccc4C)cn3)c2)cs1. The number of rotatable bonds is 5. The fourth-order valence-corrected chi connectivity index (χ4v) is 3.78. The second-order valence-corrected chi connectivity index (χ2v) is 8.03. The highest BCUT2D eigenvalue weighted by Gasteiger charge is 2.13. The summed E-state index contributed by atoms with van der Waals surface area (Å²) in [5.41, 5.74) is 7.13. The minimum atomic E-state index is -0.00488. The number of carbonyl (C=O) groups is 1. The van der Waals surface area contributed by atoms with Gasteiger partial charge in [0.05, 0.1) is 34.7 Å². The Labute approximate surface area is 173 Å². The molecule has 0 amide bonds. The molecule has 4 aromatic rings. The molecule has 0 spiro atoms. The second-order valence-electron chi connectivity index (χ2n) is 6.96. The van der Waals surface area contributed by atoms with Crippen molar-refractivity contribution in [3.8, 4) is 22.5 Å². The van der Waals surface area contributed by atoms with Gasteiger partial charge in [0.1, 0.15) is 0 Å². The van der Waals surface area contributed by atoms with E-state index in [9.17, 15) is 4.79 Å². The van der Waals surface area contributed by atoms with Crippen LogP contribution in [0.5, 0.6) is 0 Å². The molecule has 3 aromatic heterocycles. The number of benzene rings is 1. The van der Waals surface area contributed by atoms with Gasteiger partial charge < -0.3 is 0 Å². The Morgan fingerprint density at radius 2 is 1.83 bits per heavy atom. The Hall–Kier alpha value is -3.25. The van der Waals surface area contributed by atoms with Crippen molar-refractivity contribution in [3.63, 3.8) is 0 Å². The van der Waals surface area contributed by atoms with Crippen LogP contribution in [0.15, 0.2) is 54.4 Å². The van der Waals surface area contributed by atoms with E-state index in [0.29, 0.717) is 11.3 Å². The highest BCUT2D eigenvalue weighted by molar-refractivity contribution is 7.09. The first-order valence-electron chi connectivity index (χ1n) is 9.29. The summed E-state index contributed by atoms with van der Waals surface area (Å²) in [5, 5.41) is 3.10. The molecule has 0 saturated carbocycles. The number of aromatic nitrogens is 4. The molecule has 0 saturated heterocycles. The van der Waals surface area contributed by atoms with Gasteiger partial charge in [-0.15, -0.1) is 11.3 Å². The molecule has 3 heterocycles. The Balaban J connectivity index is 1.58. The molecule has 144 valence electrons. The first-order valence-corrected chi connectivity index (χ1v) is 10.2. The van der Waals surface area contributed by atoms with Gasteiger partial charge in [-0.05, 0) is 44.0 Å². The van der Waals surface area contributed by atoms with Gasteiger partial charge in [-0.1, -0.05) is 12.1 Å². The molecule has 0 N–H and O–H groups in total. The third kappa shape index (κ3) is 4.12. The number of Topliss-reactive ketones (excluding diaryl/α,β-unsaturated/α-hetero) is 1. The van der Waals surface area contributed by atoms with Crippen LogP contribution in [-0.4, -0.2) is 25.7 Å². The molecule has 29 heavy (non-hydrogen) atoms. The number of hydrogen-bond donors (Lipinski definition) is 0. The van der Waals surface area contributed by atoms with E-state index in [1.165, 1.54) is 0 Å². The summed E-state index contributed by atoms with van der Waals surface area (Å²) in [6.45, 7) is 5.96. The summed E-state index contributed by atoms with van der Waals surface area (Å²) >= 11 is 1.64. The predicted octanol–water partition coefficient (Wildman–Crippen LogP) is 5.01. The van der Waals surface area contributed by atoms with Gasteiger partial charge in [-0.2, -0.15) is 0 Å². The lowest BCUT2D eigenvalue weighted by Crippen LogP contribution is -2.08. The number of pyridine rings is 1. The second kappa shape index (κ2) is 8.01. The zero-order valence-corrected chi connectivity index (χ0v) is 17.3. The van der Waals surface area contributed by atoms with E-state index in [4.69, 9.17) is 0 Å². The van der Waals surface area contributed by atoms with Crippen molar-refractivity contribution >= 4 is 17.1 Å². The molecule has 0 fully saturated rings. The average molecular weight is 401 g/mol. The molecule has 5 nitrogen and oxygen atoms in total. The lowest BCUT2D eigenvalue weighted by atomic mass is 10.0. The van der Waals surface area contributed by atoms with Crippen LogP contribution < -0.4 is 0 Å². The Bertz CT molecular complexity index is 1180. The summed E-state index contributed by atoms with van der Waals surface area (Å²) in [6.07, 6.45) is 6.91. The quantitative estimate of drug-likeness (QED) is 0.440. The van der Waals surface area contributed by atoms with Crippen molar-refractivity contribution < 1.29 is 4.79 Å². The van der Waals surface area contributed by atoms with Gasteiger partial charge in [-0.3, -0.25) is 19.7 Å². The minimum absolute atomic E-state index is 0.00488. The standard InChI is InChI=1S/C23H20N4OS/c1-14-4-5-17(22-13-29-16(3)27-22)8-19(14)21-12-25-18(10-26-21)9-23(28)20-11-24-7-6-15(20)2/h4-8,10-13H,9H2,1-3H3. The maximum atomic E-state index is 12.5. The van der Waals surface area contributed by atoms with E-state index in [2.05, 4.69) is 50.4 Å². The van der Waals surface area contributed by atoms with Gasteiger partial charge in [0.25, 0.3) is 0 Å². The number of carbonyl (C=O) groups excluding carboxylic acids is 1. The Kier molecular flexibility index (Phi) is 5.27. The van der Waals surface area contributed by atoms with Gasteiger partial charge in [0.2, 0.25) is 0 Å². The minimum Gasteiger partial charge on any atom is -0.294 e. The average Bonchev–Trinajstić information content (AvgIpc) is 3.16. The van der Waals surface area contributed by atoms with Crippen LogP contribution >= 0.6 is 11.3 Å². The van der Waals surface area contributed by atoms with Crippen LogP contribution in [0.2, 0.25) is 0 Å². The van der Waals surface area contributed by atoms with Crippen LogP contribution in [-0.2, 0) is 6.42 Å². The van der Waals surface area contributed by atoms with Crippen LogP contribution in [0.3, 0.4) is 0 Å². The van der Waals surface area contributed by atoms with Crippen LogP contribution in [0.1, 0.15) is 32.2 Å². The molecule has 0 atom stereocenters. The summed E-state index contributed by atoms with van der Waals surface area (Å²) in [6, 6.07) is 8.08. The first kappa shape index (κ1) is 19.1. The summed E-state index contributed by atoms with van der Waals surface area (Å²) in [5.74, 6) is -0.00488. The topological polar surface area (TPSA) is 68.6 Å². The zero-order chi connectivity index (χ0) is 20.4. The molecular weight excluding hydrogens is 380 g/mol. The number of nitrogens with zero attached hydrogens (tertiary/aromatic N) is 4. The maximum absolute atomic E-state index is 12.5. The fourth-order valence-electron chi connectivity index (χ4n) is 3.15. The molecule has 0 radical (unpaired) electrons. The molecule has 4 rings (SSSR count). The van der Waals surface area contributed by atoms with Crippen LogP contribution in [0.4, 0.5) is 0 Å². The van der Waals surface area contributed by atoms with Gasteiger partial charge in [0, 0.05) is 40.7 Å². The summed E-state index contributed by atoms with van der Waals surface area (Å²) in [4.78, 5) is 30.2. The number of aryl methyl sites for hydroxylation is 3. The van der Waals surface area contributed by atoms with E-state index in [0.717, 1.165) is 38.6 Å². The molecule has 0 aliphatic heterocycles. The Morgan fingerprint density at radius 3 is 2.52 bits per heavy atom. The van der Waals surface area contributed by atoms with E-state index in [-0.39, 0.29) is 12.2 Å². The van der Waals surface area contributed by atoms with E-state index in [1.807, 2.05) is 19.9 Å². The largest absolute Gasteiger partial charge is 0.294 e. The predicted molar refractivity (Wildman–Crippen MR) is 115 cm³/mol. The van der Waals surface area contributed by atoms with E-state index < -0.39 is 0 Å². The van der Waals surface area contributed by atoms with Crippen molar-refractivity contribution in [2.24, 2.45) is 0 Å². The summed E-state index contributed by atoms with van der Waals surface area (Å²) < 4.78 is 0. The zero-order valence-electron chi connectivity index (χ0n) is 16.5. The number of hydrogen-bond acceptors (Lipinski definition) is 6. The van der Waals surface area contributed by atoms with Crippen molar-refractivity contribution in [2.75, 3.05) is 0 Å². The van der Waals surface area contributed by atoms with Crippen molar-refractivity contribution in [1.82, 2.24) is 19.9 Å². The van der Waals surface area contributed by atoms with Crippen molar-refractivity contribution in [3.05, 3.63) is 81.8 Å². The maximum Gasteiger partial charge on any atom is 0.170 e. The van der Waals surface area contributed by atoms with Gasteiger partial charge in [-0.25, -0.2) is 4.98 Å². The third-order valence-electron chi connectivity index (χ3n) is 4.81. The third-order valence-corrected chi connectivity index (χ3v) is 5.59. The van der Waals surface area contributed by atoms with Gasteiger partial charge >= 0.3 is 0 Å². The lowest BCUT2D eigenvalue weighted by Gasteiger charge is -2.08. The van der Waals surface area contributed by atoms with E-state index >= 15 is 0 Å². The molecule has 0 aliphatic rings. The van der Waals surface area contributed by atoms with Gasteiger partial charge in [0.15, 0.2) is 5.78 Å². The molecule has 0 unspecified atom stereocenters. The normalized spacial score (nSPS) is 10.9. The molecule has 6 heteroatoms. The smallest absolute Gasteiger partial charge is 0.170 e. The molecule has 1 aromatic carbocycles. The Morgan fingerprint density at radius 1 is 0.966 bits per heavy atom. The van der Waals surface area contributed by atoms with Crippen LogP contribution in [0, 0.1) is 20.8 Å². The molecule has 0 aliphatic carbocycles. The molecule has 0 bridgehead atoms. The van der Waals surface area contributed by atoms with Crippen LogP contribution in [0.25, 0.3) is 22.5 Å². The fraction of sp³-hybridized carbons (Fsp3) is 0.174. The van der Waals surface area contributed by atoms with Crippen molar-refractivity contribution in [1.29, 1.82) is 0 Å². The lowest BCUT2D eigenvalue weighted by molar-refractivity contribution is 0.0991. The van der Waals surface area contributed by atoms with Crippen molar-refractivity contribution in [2.45, 2.75) is 27.2 Å². The summed E-state index contributed by atoms with van der Waals surface area (Å²) in [7, 11) is 0. The monoisotopic (exact) mass is 400 g/mol. The number of ketones is 1. The first-order chi connectivity index (χ1) is 14.0.